The van der Waals surface area contributed by atoms with Gasteiger partial charge in [-0.1, -0.05) is 11.2 Å². The van der Waals surface area contributed by atoms with Crippen molar-refractivity contribution < 1.29 is 14.0 Å². The Balaban J connectivity index is 2.08. The van der Waals surface area contributed by atoms with Crippen molar-refractivity contribution in [2.75, 3.05) is 6.61 Å². The van der Waals surface area contributed by atoms with Crippen LogP contribution in [0.25, 0.3) is 23.5 Å². The molecule has 0 saturated heterocycles. The van der Waals surface area contributed by atoms with Gasteiger partial charge < -0.3 is 14.6 Å². The third-order valence-electron chi connectivity index (χ3n) is 3.15. The largest absolute Gasteiger partial charge is 0.396 e. The Morgan fingerprint density at radius 2 is 2.30 bits per heavy atom. The van der Waals surface area contributed by atoms with E-state index in [1.54, 1.807) is 12.3 Å². The summed E-state index contributed by atoms with van der Waals surface area (Å²) in [7, 11) is 0. The van der Waals surface area contributed by atoms with Gasteiger partial charge in [0.25, 0.3) is 0 Å². The van der Waals surface area contributed by atoms with Gasteiger partial charge in [0.1, 0.15) is 5.83 Å². The molecule has 1 aliphatic rings. The van der Waals surface area contributed by atoms with E-state index in [4.69, 9.17) is 9.63 Å². The fourth-order valence-corrected chi connectivity index (χ4v) is 2.17. The molecule has 0 spiro atoms. The maximum absolute atomic E-state index is 13.3. The summed E-state index contributed by atoms with van der Waals surface area (Å²) in [5, 5.41) is 14.5. The van der Waals surface area contributed by atoms with E-state index in [1.165, 1.54) is 6.08 Å². The van der Waals surface area contributed by atoms with Crippen molar-refractivity contribution in [3.8, 4) is 11.4 Å². The van der Waals surface area contributed by atoms with Crippen molar-refractivity contribution in [3.63, 3.8) is 0 Å². The van der Waals surface area contributed by atoms with Gasteiger partial charge in [0.15, 0.2) is 0 Å². The fourth-order valence-electron chi connectivity index (χ4n) is 2.17. The summed E-state index contributed by atoms with van der Waals surface area (Å²) in [4.78, 5) is 7.32. The van der Waals surface area contributed by atoms with E-state index in [0.717, 1.165) is 16.1 Å². The minimum atomic E-state index is -0.132. The summed E-state index contributed by atoms with van der Waals surface area (Å²) in [5.41, 5.74) is 0.819. The summed E-state index contributed by atoms with van der Waals surface area (Å²) in [6.07, 6.45) is 8.27. The zero-order valence-corrected chi connectivity index (χ0v) is 10.8. The second kappa shape index (κ2) is 5.42. The molecule has 2 aromatic rings. The van der Waals surface area contributed by atoms with Gasteiger partial charge in [0.2, 0.25) is 11.7 Å². The molecule has 6 heteroatoms. The second-order valence-corrected chi connectivity index (χ2v) is 4.54. The van der Waals surface area contributed by atoms with Crippen LogP contribution in [-0.4, -0.2) is 26.8 Å². The van der Waals surface area contributed by atoms with E-state index >= 15 is 0 Å². The van der Waals surface area contributed by atoms with E-state index in [1.807, 2.05) is 6.08 Å². The molecule has 104 valence electrons. The molecular weight excluding hydrogens is 261 g/mol. The topological polar surface area (TPSA) is 74.9 Å². The number of halogens is 1. The molecule has 0 aliphatic heterocycles. The minimum Gasteiger partial charge on any atom is -0.396 e. The maximum atomic E-state index is 13.3. The molecule has 0 unspecified atom stereocenters. The van der Waals surface area contributed by atoms with Gasteiger partial charge in [-0.05, 0) is 18.6 Å². The van der Waals surface area contributed by atoms with Gasteiger partial charge in [-0.25, -0.2) is 4.39 Å². The Kier molecular flexibility index (Phi) is 3.47. The minimum absolute atomic E-state index is 0.0309. The molecule has 0 fully saturated rings. The van der Waals surface area contributed by atoms with E-state index in [-0.39, 0.29) is 12.4 Å². The molecule has 0 atom stereocenters. The number of aliphatic hydroxyl groups is 1. The van der Waals surface area contributed by atoms with Crippen molar-refractivity contribution in [2.24, 2.45) is 0 Å². The fraction of sp³-hybridized carbons (Fsp3) is 0.286. The van der Waals surface area contributed by atoms with Crippen LogP contribution in [0, 0.1) is 0 Å². The lowest BCUT2D eigenvalue weighted by molar-refractivity contribution is 0.274. The number of fused-ring (bicyclic) bond motifs is 1. The van der Waals surface area contributed by atoms with E-state index < -0.39 is 0 Å². The molecule has 0 bridgehead atoms. The summed E-state index contributed by atoms with van der Waals surface area (Å²) >= 11 is 0. The van der Waals surface area contributed by atoms with E-state index in [2.05, 4.69) is 15.1 Å². The first-order chi connectivity index (χ1) is 9.78. The summed E-state index contributed by atoms with van der Waals surface area (Å²) in [5.74, 6) is 0.742. The van der Waals surface area contributed by atoms with Crippen LogP contribution in [0.1, 0.15) is 18.7 Å². The van der Waals surface area contributed by atoms with Gasteiger partial charge >= 0.3 is 0 Å². The molecule has 1 aliphatic carbocycles. The SMILES string of the molecule is OCCc1nc(-c2c[nH]\c3c2=CCC/C(F)=C\C=3)no1. The molecule has 5 nitrogen and oxygen atoms in total. The predicted octanol–water partition coefficient (Wildman–Crippen LogP) is 0.808. The molecule has 2 N–H and O–H groups in total. The number of hydrogen-bond donors (Lipinski definition) is 2. The number of aliphatic hydroxyl groups excluding tert-OH is 1. The molecular formula is C14H14FN3O2. The molecule has 0 radical (unpaired) electrons. The quantitative estimate of drug-likeness (QED) is 0.869. The predicted molar refractivity (Wildman–Crippen MR) is 71.5 cm³/mol. The zero-order chi connectivity index (χ0) is 13.9. The van der Waals surface area contributed by atoms with Crippen LogP contribution in [-0.2, 0) is 6.42 Å². The average molecular weight is 275 g/mol. The Hall–Kier alpha value is -2.21. The number of hydrogen-bond acceptors (Lipinski definition) is 4. The van der Waals surface area contributed by atoms with Crippen LogP contribution in [0.15, 0.2) is 22.6 Å². The standard InChI is InChI=1S/C14H14FN3O2/c15-9-2-1-3-10-11(8-16-12(10)5-4-9)14-17-13(6-7-19)20-18-14/h3-5,8,16,19H,1-2,6-7H2/b9-4+,10-3?,12-5-. The maximum Gasteiger partial charge on any atom is 0.229 e. The van der Waals surface area contributed by atoms with Crippen LogP contribution < -0.4 is 10.6 Å². The summed E-state index contributed by atoms with van der Waals surface area (Å²) in [6.45, 7) is -0.0309. The van der Waals surface area contributed by atoms with Gasteiger partial charge in [0, 0.05) is 28.7 Å². The Bertz CT molecular complexity index is 758. The van der Waals surface area contributed by atoms with Crippen LogP contribution in [0.4, 0.5) is 4.39 Å². The number of aromatic amines is 1. The van der Waals surface area contributed by atoms with Crippen molar-refractivity contribution in [1.29, 1.82) is 0 Å². The van der Waals surface area contributed by atoms with E-state index in [9.17, 15) is 4.39 Å². The van der Waals surface area contributed by atoms with Gasteiger partial charge in [0.05, 0.1) is 13.0 Å². The monoisotopic (exact) mass is 275 g/mol. The molecule has 0 amide bonds. The highest BCUT2D eigenvalue weighted by molar-refractivity contribution is 5.58. The molecule has 20 heavy (non-hydrogen) atoms. The average Bonchev–Trinajstić information content (AvgIpc) is 3.01. The zero-order valence-electron chi connectivity index (χ0n) is 10.8. The third-order valence-corrected chi connectivity index (χ3v) is 3.15. The van der Waals surface area contributed by atoms with Crippen molar-refractivity contribution >= 4 is 12.2 Å². The summed E-state index contributed by atoms with van der Waals surface area (Å²) in [6, 6.07) is 0. The van der Waals surface area contributed by atoms with Crippen molar-refractivity contribution in [1.82, 2.24) is 15.1 Å². The molecule has 0 aromatic carbocycles. The first-order valence-electron chi connectivity index (χ1n) is 6.45. The molecule has 2 heterocycles. The van der Waals surface area contributed by atoms with Crippen LogP contribution >= 0.6 is 0 Å². The Morgan fingerprint density at radius 3 is 3.15 bits per heavy atom. The number of aromatic nitrogens is 3. The van der Waals surface area contributed by atoms with Crippen molar-refractivity contribution in [2.45, 2.75) is 19.3 Å². The molecule has 3 rings (SSSR count). The smallest absolute Gasteiger partial charge is 0.229 e. The number of allylic oxidation sites excluding steroid dienone is 2. The third kappa shape index (κ3) is 2.42. The van der Waals surface area contributed by atoms with Crippen LogP contribution in [0.5, 0.6) is 0 Å². The van der Waals surface area contributed by atoms with Crippen LogP contribution in [0.3, 0.4) is 0 Å². The first-order valence-corrected chi connectivity index (χ1v) is 6.45. The highest BCUT2D eigenvalue weighted by Crippen LogP contribution is 2.12. The number of H-pyrrole nitrogens is 1. The number of nitrogens with zero attached hydrogens (tertiary/aromatic N) is 2. The highest BCUT2D eigenvalue weighted by Gasteiger charge is 2.11. The van der Waals surface area contributed by atoms with Crippen LogP contribution in [0.2, 0.25) is 0 Å². The normalized spacial score (nSPS) is 18.9. The van der Waals surface area contributed by atoms with Crippen molar-refractivity contribution in [3.05, 3.63) is 34.6 Å². The highest BCUT2D eigenvalue weighted by atomic mass is 19.1. The second-order valence-electron chi connectivity index (χ2n) is 4.54. The molecule has 0 saturated carbocycles. The van der Waals surface area contributed by atoms with Gasteiger partial charge in [-0.15, -0.1) is 0 Å². The van der Waals surface area contributed by atoms with Gasteiger partial charge in [-0.3, -0.25) is 0 Å². The van der Waals surface area contributed by atoms with E-state index in [0.29, 0.717) is 31.0 Å². The lowest BCUT2D eigenvalue weighted by Gasteiger charge is -1.95. The Morgan fingerprint density at radius 1 is 1.40 bits per heavy atom. The Labute approximate surface area is 114 Å². The lowest BCUT2D eigenvalue weighted by Crippen LogP contribution is -2.24. The molecule has 2 aromatic heterocycles. The number of rotatable bonds is 3. The first kappa shape index (κ1) is 12.8. The van der Waals surface area contributed by atoms with Gasteiger partial charge in [-0.2, -0.15) is 4.98 Å². The lowest BCUT2D eigenvalue weighted by atomic mass is 10.1. The number of nitrogens with one attached hydrogen (secondary N) is 1. The summed E-state index contributed by atoms with van der Waals surface area (Å²) < 4.78 is 18.3.